The molecule has 2 aliphatic heterocycles. The van der Waals surface area contributed by atoms with Crippen LogP contribution in [0.5, 0.6) is 5.75 Å². The lowest BCUT2D eigenvalue weighted by Gasteiger charge is -2.32. The fourth-order valence-electron chi connectivity index (χ4n) is 3.91. The van der Waals surface area contributed by atoms with E-state index in [4.69, 9.17) is 10.5 Å². The summed E-state index contributed by atoms with van der Waals surface area (Å²) in [5, 5.41) is 23.9. The Hall–Kier alpha value is -4.39. The Morgan fingerprint density at radius 2 is 2.16 bits per heavy atom. The molecule has 4 heterocycles. The van der Waals surface area contributed by atoms with Crippen molar-refractivity contribution in [3.05, 3.63) is 59.7 Å². The molecule has 5 rings (SSSR count). The van der Waals surface area contributed by atoms with Crippen molar-refractivity contribution in [2.24, 2.45) is 12.1 Å². The Balaban J connectivity index is 1.78. The molecule has 0 spiro atoms. The lowest BCUT2D eigenvalue weighted by molar-refractivity contribution is 0.227. The van der Waals surface area contributed by atoms with Gasteiger partial charge in [-0.3, -0.25) is 4.68 Å². The number of nitrogens with zero attached hydrogens (tertiary/aromatic N) is 6. The number of aromatic nitrogens is 3. The molecular formula is C22H19FN8O. The number of nitrogen functional groups attached to an aromatic ring is 1. The van der Waals surface area contributed by atoms with E-state index >= 15 is 0 Å². The van der Waals surface area contributed by atoms with Gasteiger partial charge in [-0.05, 0) is 43.3 Å². The van der Waals surface area contributed by atoms with Crippen LogP contribution in [0.1, 0.15) is 24.3 Å². The smallest absolute Gasteiger partial charge is 0.166 e. The first-order chi connectivity index (χ1) is 15.5. The van der Waals surface area contributed by atoms with Crippen LogP contribution in [-0.4, -0.2) is 27.1 Å². The number of nitriles is 1. The van der Waals surface area contributed by atoms with Gasteiger partial charge in [0.25, 0.3) is 0 Å². The van der Waals surface area contributed by atoms with E-state index in [2.05, 4.69) is 26.6 Å². The zero-order valence-electron chi connectivity index (χ0n) is 17.3. The summed E-state index contributed by atoms with van der Waals surface area (Å²) >= 11 is 0. The van der Waals surface area contributed by atoms with Crippen LogP contribution in [0.3, 0.4) is 0 Å². The molecule has 9 nitrogen and oxygen atoms in total. The number of benzene rings is 1. The van der Waals surface area contributed by atoms with E-state index in [1.165, 1.54) is 16.8 Å². The predicted octanol–water partition coefficient (Wildman–Crippen LogP) is 3.33. The Bertz CT molecular complexity index is 1320. The van der Waals surface area contributed by atoms with Crippen molar-refractivity contribution < 1.29 is 9.13 Å². The molecule has 0 aliphatic carbocycles. The maximum Gasteiger partial charge on any atom is 0.166 e. The van der Waals surface area contributed by atoms with Gasteiger partial charge in [-0.15, -0.1) is 0 Å². The lowest BCUT2D eigenvalue weighted by atomic mass is 10.0. The molecule has 2 aromatic heterocycles. The van der Waals surface area contributed by atoms with Crippen molar-refractivity contribution >= 4 is 23.5 Å². The first kappa shape index (κ1) is 19.6. The highest BCUT2D eigenvalue weighted by atomic mass is 19.1. The van der Waals surface area contributed by atoms with Crippen LogP contribution in [0.2, 0.25) is 0 Å². The van der Waals surface area contributed by atoms with Gasteiger partial charge in [-0.25, -0.2) is 14.4 Å². The van der Waals surface area contributed by atoms with E-state index in [1.807, 2.05) is 6.08 Å². The number of hydrogen-bond acceptors (Lipinski definition) is 8. The molecule has 2 bridgehead atoms. The first-order valence-electron chi connectivity index (χ1n) is 9.92. The summed E-state index contributed by atoms with van der Waals surface area (Å²) in [6.07, 6.45) is 5.91. The summed E-state index contributed by atoms with van der Waals surface area (Å²) in [5.74, 6) is 0.584. The molecule has 0 saturated carbocycles. The third kappa shape index (κ3) is 3.11. The van der Waals surface area contributed by atoms with Crippen molar-refractivity contribution in [2.45, 2.75) is 19.2 Å². The second kappa shape index (κ2) is 7.39. The van der Waals surface area contributed by atoms with Crippen molar-refractivity contribution in [1.82, 2.24) is 14.8 Å². The molecule has 2 aliphatic rings. The number of halogens is 1. The van der Waals surface area contributed by atoms with E-state index in [9.17, 15) is 9.65 Å². The maximum absolute atomic E-state index is 14.2. The van der Waals surface area contributed by atoms with Crippen LogP contribution in [0.25, 0.3) is 11.1 Å². The normalized spacial score (nSPS) is 18.8. The number of aryl methyl sites for hydroxylation is 1. The largest absolute Gasteiger partial charge is 0.482 e. The van der Waals surface area contributed by atoms with E-state index in [1.54, 1.807) is 49.6 Å². The summed E-state index contributed by atoms with van der Waals surface area (Å²) in [6, 6.07) is 8.36. The van der Waals surface area contributed by atoms with Crippen molar-refractivity contribution in [2.75, 3.05) is 16.1 Å². The average molecular weight is 430 g/mol. The summed E-state index contributed by atoms with van der Waals surface area (Å²) in [6.45, 7) is 1.80. The van der Waals surface area contributed by atoms with Gasteiger partial charge < -0.3 is 15.8 Å². The van der Waals surface area contributed by atoms with Crippen LogP contribution in [0, 0.1) is 17.1 Å². The Morgan fingerprint density at radius 1 is 1.31 bits per heavy atom. The molecular weight excluding hydrogens is 411 g/mol. The topological polar surface area (TPSA) is 117 Å². The standard InChI is InChI=1S/C22H19FN8O/c1-12-15-9-14(23)5-6-16(15)31-19(4-3-7-27-31)28-22-20(17(10-24)30(2)29-22)13-8-18(32-12)21(25)26-11-13/h3-9,11-12,19H,1-2H3,(H2,25,26)(H,28,29). The summed E-state index contributed by atoms with van der Waals surface area (Å²) in [7, 11) is 1.69. The van der Waals surface area contributed by atoms with Crippen molar-refractivity contribution in [1.29, 1.82) is 5.26 Å². The third-order valence-electron chi connectivity index (χ3n) is 5.42. The fraction of sp³-hybridized carbons (Fsp3) is 0.182. The molecule has 3 N–H and O–H groups in total. The number of nitrogens with one attached hydrogen (secondary N) is 1. The van der Waals surface area contributed by atoms with Crippen LogP contribution in [0.15, 0.2) is 47.7 Å². The molecule has 160 valence electrons. The number of hydrazone groups is 1. The van der Waals surface area contributed by atoms with Gasteiger partial charge in [0.05, 0.1) is 11.3 Å². The van der Waals surface area contributed by atoms with Gasteiger partial charge in [-0.1, -0.05) is 0 Å². The molecule has 0 radical (unpaired) electrons. The van der Waals surface area contributed by atoms with E-state index < -0.39 is 18.1 Å². The molecule has 0 saturated heterocycles. The van der Waals surface area contributed by atoms with E-state index in [-0.39, 0.29) is 5.82 Å². The molecule has 2 unspecified atom stereocenters. The molecule has 0 fully saturated rings. The molecule has 10 heteroatoms. The molecule has 3 aromatic rings. The summed E-state index contributed by atoms with van der Waals surface area (Å²) < 4.78 is 21.8. The number of hydrogen-bond donors (Lipinski definition) is 2. The van der Waals surface area contributed by atoms with Crippen LogP contribution in [-0.2, 0) is 7.05 Å². The number of nitrogens with two attached hydrogens (primary N) is 1. The Kier molecular flexibility index (Phi) is 4.52. The number of ether oxygens (including phenoxy) is 1. The van der Waals surface area contributed by atoms with Gasteiger partial charge in [0.15, 0.2) is 17.4 Å². The summed E-state index contributed by atoms with van der Waals surface area (Å²) in [5.41, 5.74) is 8.86. The zero-order chi connectivity index (χ0) is 22.4. The fourth-order valence-corrected chi connectivity index (χ4v) is 3.91. The minimum atomic E-state index is -0.565. The lowest BCUT2D eigenvalue weighted by Crippen LogP contribution is -2.38. The SMILES string of the molecule is CC1Oc2cc(cnc2N)-c2c(nn(C)c2C#N)NC2C=CC=NN2c2ccc(F)cc21. The monoisotopic (exact) mass is 430 g/mol. The van der Waals surface area contributed by atoms with E-state index in [0.717, 1.165) is 0 Å². The average Bonchev–Trinajstić information content (AvgIpc) is 3.09. The minimum Gasteiger partial charge on any atom is -0.482 e. The Morgan fingerprint density at radius 3 is 2.97 bits per heavy atom. The van der Waals surface area contributed by atoms with Crippen LogP contribution >= 0.6 is 0 Å². The highest BCUT2D eigenvalue weighted by Crippen LogP contribution is 2.39. The van der Waals surface area contributed by atoms with Gasteiger partial charge in [0.1, 0.15) is 29.9 Å². The number of anilines is 3. The van der Waals surface area contributed by atoms with Gasteiger partial charge >= 0.3 is 0 Å². The third-order valence-corrected chi connectivity index (χ3v) is 5.42. The number of allylic oxidation sites excluding steroid dienone is 1. The second-order valence-electron chi connectivity index (χ2n) is 7.46. The summed E-state index contributed by atoms with van der Waals surface area (Å²) in [4.78, 5) is 4.26. The zero-order valence-corrected chi connectivity index (χ0v) is 17.3. The quantitative estimate of drug-likeness (QED) is 0.562. The highest BCUT2D eigenvalue weighted by Gasteiger charge is 2.28. The van der Waals surface area contributed by atoms with Crippen molar-refractivity contribution in [3.8, 4) is 22.9 Å². The highest BCUT2D eigenvalue weighted by molar-refractivity contribution is 5.82. The number of pyridine rings is 1. The Labute approximate surface area is 183 Å². The second-order valence-corrected chi connectivity index (χ2v) is 7.46. The van der Waals surface area contributed by atoms with Gasteiger partial charge in [0.2, 0.25) is 0 Å². The number of rotatable bonds is 0. The number of fused-ring (bicyclic) bond motifs is 7. The van der Waals surface area contributed by atoms with E-state index in [0.29, 0.717) is 39.6 Å². The predicted molar refractivity (Wildman–Crippen MR) is 119 cm³/mol. The van der Waals surface area contributed by atoms with Gasteiger partial charge in [-0.2, -0.15) is 15.5 Å². The molecule has 32 heavy (non-hydrogen) atoms. The van der Waals surface area contributed by atoms with Crippen molar-refractivity contribution in [3.63, 3.8) is 0 Å². The maximum atomic E-state index is 14.2. The van der Waals surface area contributed by atoms with Crippen LogP contribution < -0.4 is 20.8 Å². The molecule has 0 amide bonds. The minimum absolute atomic E-state index is 0.185. The molecule has 1 aromatic carbocycles. The van der Waals surface area contributed by atoms with Crippen LogP contribution in [0.4, 0.5) is 21.7 Å². The first-order valence-corrected chi connectivity index (χ1v) is 9.92. The molecule has 2 atom stereocenters. The van der Waals surface area contributed by atoms with Gasteiger partial charge in [0, 0.05) is 30.6 Å².